The average molecular weight is 510 g/mol. The number of hydrogen-bond donors (Lipinski definition) is 1. The highest BCUT2D eigenvalue weighted by Gasteiger charge is 2.48. The predicted molar refractivity (Wildman–Crippen MR) is 124 cm³/mol. The lowest BCUT2D eigenvalue weighted by atomic mass is 9.92. The number of carboxylic acids is 1. The van der Waals surface area contributed by atoms with E-state index in [4.69, 9.17) is 9.90 Å². The summed E-state index contributed by atoms with van der Waals surface area (Å²) in [7, 11) is 1.94. The number of carbonyl (C=O) groups excluding carboxylic acids is 2. The summed E-state index contributed by atoms with van der Waals surface area (Å²) in [6.07, 6.45) is -4.31. The van der Waals surface area contributed by atoms with Crippen molar-refractivity contribution in [1.29, 1.82) is 0 Å². The number of piperazine rings is 1. The zero-order valence-electron chi connectivity index (χ0n) is 20.1. The van der Waals surface area contributed by atoms with Gasteiger partial charge in [-0.1, -0.05) is 12.1 Å². The van der Waals surface area contributed by atoms with Crippen molar-refractivity contribution >= 4 is 23.5 Å². The maximum absolute atomic E-state index is 13.7. The highest BCUT2D eigenvalue weighted by atomic mass is 19.4. The molecule has 1 N–H and O–H groups in total. The second kappa shape index (κ2) is 10.3. The second-order valence-corrected chi connectivity index (χ2v) is 9.12. The number of nitrogens with zero attached hydrogens (tertiary/aromatic N) is 3. The molecule has 2 aromatic rings. The van der Waals surface area contributed by atoms with Gasteiger partial charge in [-0.25, -0.2) is 9.18 Å². The Balaban J connectivity index is 0.000000454. The number of hydrogen-bond acceptors (Lipinski definition) is 4. The molecule has 11 heteroatoms. The number of carboxylic acid groups (broad SMARTS) is 1. The Bertz CT molecular complexity index is 1170. The van der Waals surface area contributed by atoms with E-state index in [9.17, 15) is 27.2 Å². The van der Waals surface area contributed by atoms with Crippen LogP contribution in [0.15, 0.2) is 42.5 Å². The molecule has 2 saturated heterocycles. The molecule has 1 unspecified atom stereocenters. The lowest BCUT2D eigenvalue weighted by molar-refractivity contribution is -0.192. The van der Waals surface area contributed by atoms with E-state index in [1.807, 2.05) is 44.0 Å². The van der Waals surface area contributed by atoms with Crippen LogP contribution in [0.2, 0.25) is 0 Å². The van der Waals surface area contributed by atoms with Crippen LogP contribution in [0, 0.1) is 19.7 Å². The van der Waals surface area contributed by atoms with Crippen LogP contribution in [-0.2, 0) is 9.59 Å². The van der Waals surface area contributed by atoms with Crippen molar-refractivity contribution in [3.63, 3.8) is 0 Å². The summed E-state index contributed by atoms with van der Waals surface area (Å²) in [5.41, 5.74) is 3.21. The highest BCUT2D eigenvalue weighted by Crippen LogP contribution is 2.34. The van der Waals surface area contributed by atoms with Crippen molar-refractivity contribution in [3.05, 3.63) is 65.0 Å². The first-order valence-corrected chi connectivity index (χ1v) is 11.2. The van der Waals surface area contributed by atoms with Crippen molar-refractivity contribution in [2.24, 2.45) is 0 Å². The molecule has 2 fully saturated rings. The van der Waals surface area contributed by atoms with E-state index in [0.717, 1.165) is 17.5 Å². The van der Waals surface area contributed by atoms with Crippen LogP contribution >= 0.6 is 0 Å². The summed E-state index contributed by atoms with van der Waals surface area (Å²) in [6.45, 7) is 5.93. The van der Waals surface area contributed by atoms with Crippen LogP contribution in [0.4, 0.5) is 23.2 Å². The summed E-state index contributed by atoms with van der Waals surface area (Å²) in [6, 6.07) is 11.9. The van der Waals surface area contributed by atoms with Gasteiger partial charge in [-0.15, -0.1) is 0 Å². The third-order valence-electron chi connectivity index (χ3n) is 6.67. The molecular weight excluding hydrogens is 482 g/mol. The smallest absolute Gasteiger partial charge is 0.475 e. The molecule has 2 heterocycles. The number of halogens is 4. The molecule has 194 valence electrons. The third-order valence-corrected chi connectivity index (χ3v) is 6.67. The first-order chi connectivity index (χ1) is 16.7. The lowest BCUT2D eigenvalue weighted by Crippen LogP contribution is -2.64. The van der Waals surface area contributed by atoms with Crippen LogP contribution in [0.1, 0.15) is 27.9 Å². The highest BCUT2D eigenvalue weighted by molar-refractivity contribution is 5.97. The molecule has 36 heavy (non-hydrogen) atoms. The molecule has 2 aliphatic heterocycles. The van der Waals surface area contributed by atoms with Gasteiger partial charge in [0.2, 0.25) is 5.91 Å². The van der Waals surface area contributed by atoms with Gasteiger partial charge in [0.15, 0.2) is 0 Å². The van der Waals surface area contributed by atoms with Crippen molar-refractivity contribution in [2.75, 3.05) is 38.1 Å². The Morgan fingerprint density at radius 1 is 1.03 bits per heavy atom. The number of benzene rings is 2. The summed E-state index contributed by atoms with van der Waals surface area (Å²) in [5.74, 6) is -3.15. The summed E-state index contributed by atoms with van der Waals surface area (Å²) >= 11 is 0. The van der Waals surface area contributed by atoms with Gasteiger partial charge in [-0.05, 0) is 68.8 Å². The van der Waals surface area contributed by atoms with Gasteiger partial charge in [0.05, 0.1) is 12.1 Å². The monoisotopic (exact) mass is 509 g/mol. The van der Waals surface area contributed by atoms with E-state index in [1.54, 1.807) is 17.0 Å². The molecule has 4 rings (SSSR count). The van der Waals surface area contributed by atoms with Crippen LogP contribution in [-0.4, -0.2) is 77.6 Å². The standard InChI is InChI=1S/C23H26FN3O2.C2HF3O2/c1-16-7-8-18(11-17(16)2)22(29)26-10-9-23(14-26)15-27(21(28)13-25(23)3)20-6-4-5-19(24)12-20;3-2(4,5)1(6)7/h4-8,11-12H,9-10,13-15H2,1-3H3;(H,6,7). The van der Waals surface area contributed by atoms with Crippen LogP contribution in [0.25, 0.3) is 0 Å². The van der Waals surface area contributed by atoms with Crippen molar-refractivity contribution in [3.8, 4) is 0 Å². The van der Waals surface area contributed by atoms with Crippen LogP contribution in [0.3, 0.4) is 0 Å². The Hall–Kier alpha value is -3.47. The fraction of sp³-hybridized carbons (Fsp3) is 0.400. The van der Waals surface area contributed by atoms with E-state index in [2.05, 4.69) is 4.90 Å². The SMILES string of the molecule is Cc1ccc(C(=O)N2CCC3(C2)CN(c2cccc(F)c2)C(=O)CN3C)cc1C.O=C(O)C(F)(F)F. The molecule has 2 aliphatic rings. The Labute approximate surface area is 205 Å². The molecule has 1 atom stereocenters. The first-order valence-electron chi connectivity index (χ1n) is 11.2. The van der Waals surface area contributed by atoms with E-state index >= 15 is 0 Å². The maximum Gasteiger partial charge on any atom is 0.490 e. The summed E-state index contributed by atoms with van der Waals surface area (Å²) in [4.78, 5) is 40.2. The zero-order chi connectivity index (χ0) is 26.8. The number of anilines is 1. The van der Waals surface area contributed by atoms with Crippen molar-refractivity contribution in [2.45, 2.75) is 32.0 Å². The first kappa shape index (κ1) is 27.1. The van der Waals surface area contributed by atoms with Crippen molar-refractivity contribution < 1.29 is 37.1 Å². The zero-order valence-corrected chi connectivity index (χ0v) is 20.1. The Morgan fingerprint density at radius 2 is 1.69 bits per heavy atom. The number of alkyl halides is 3. The molecule has 2 amide bonds. The number of aliphatic carboxylic acids is 1. The minimum Gasteiger partial charge on any atom is -0.475 e. The Kier molecular flexibility index (Phi) is 7.73. The minimum absolute atomic E-state index is 0.0209. The number of amides is 2. The number of rotatable bonds is 2. The quantitative estimate of drug-likeness (QED) is 0.626. The van der Waals surface area contributed by atoms with Gasteiger partial charge in [0.1, 0.15) is 5.82 Å². The largest absolute Gasteiger partial charge is 0.490 e. The molecule has 2 aromatic carbocycles. The van der Waals surface area contributed by atoms with E-state index in [1.165, 1.54) is 12.1 Å². The predicted octanol–water partition coefficient (Wildman–Crippen LogP) is 3.64. The minimum atomic E-state index is -5.08. The van der Waals surface area contributed by atoms with Crippen LogP contribution < -0.4 is 4.90 Å². The van der Waals surface area contributed by atoms with Crippen LogP contribution in [0.5, 0.6) is 0 Å². The van der Waals surface area contributed by atoms with Gasteiger partial charge in [0, 0.05) is 30.9 Å². The van der Waals surface area contributed by atoms with Gasteiger partial charge < -0.3 is 14.9 Å². The summed E-state index contributed by atoms with van der Waals surface area (Å²) in [5, 5.41) is 7.12. The lowest BCUT2D eigenvalue weighted by Gasteiger charge is -2.46. The van der Waals surface area contributed by atoms with E-state index in [-0.39, 0.29) is 29.7 Å². The van der Waals surface area contributed by atoms with Gasteiger partial charge in [-0.3, -0.25) is 14.5 Å². The maximum atomic E-state index is 13.7. The molecular formula is C25H27F4N3O4. The normalized spacial score (nSPS) is 20.4. The number of likely N-dealkylation sites (tertiary alicyclic amines) is 1. The molecule has 7 nitrogen and oxygen atoms in total. The fourth-order valence-electron chi connectivity index (χ4n) is 4.37. The van der Waals surface area contributed by atoms with E-state index in [0.29, 0.717) is 30.9 Å². The molecule has 0 aliphatic carbocycles. The van der Waals surface area contributed by atoms with Gasteiger partial charge >= 0.3 is 12.1 Å². The molecule has 0 bridgehead atoms. The average Bonchev–Trinajstić information content (AvgIpc) is 3.23. The second-order valence-electron chi connectivity index (χ2n) is 9.12. The Morgan fingerprint density at radius 3 is 2.28 bits per heavy atom. The number of likely N-dealkylation sites (N-methyl/N-ethyl adjacent to an activating group) is 1. The fourth-order valence-corrected chi connectivity index (χ4v) is 4.37. The molecule has 0 saturated carbocycles. The van der Waals surface area contributed by atoms with Crippen molar-refractivity contribution in [1.82, 2.24) is 9.80 Å². The molecule has 1 spiro atoms. The number of aryl methyl sites for hydroxylation is 2. The van der Waals surface area contributed by atoms with E-state index < -0.39 is 12.1 Å². The topological polar surface area (TPSA) is 81.2 Å². The van der Waals surface area contributed by atoms with Gasteiger partial charge in [-0.2, -0.15) is 13.2 Å². The molecule has 0 radical (unpaired) electrons. The van der Waals surface area contributed by atoms with Gasteiger partial charge in [0.25, 0.3) is 5.91 Å². The molecule has 0 aromatic heterocycles. The summed E-state index contributed by atoms with van der Waals surface area (Å²) < 4.78 is 45.4. The third kappa shape index (κ3) is 5.84. The number of carbonyl (C=O) groups is 3.